The maximum atomic E-state index is 12.9. The zero-order chi connectivity index (χ0) is 19.9. The van der Waals surface area contributed by atoms with E-state index in [1.54, 1.807) is 49.5 Å². The fourth-order valence-electron chi connectivity index (χ4n) is 2.65. The molecule has 7 heteroatoms. The molecule has 144 valence electrons. The van der Waals surface area contributed by atoms with Gasteiger partial charge in [-0.3, -0.25) is 4.79 Å². The molecule has 0 aliphatic rings. The van der Waals surface area contributed by atoms with Gasteiger partial charge in [0.1, 0.15) is 18.0 Å². The molecule has 2 aromatic carbocycles. The monoisotopic (exact) mass is 379 g/mol. The van der Waals surface area contributed by atoms with Crippen LogP contribution in [-0.2, 0) is 6.54 Å². The van der Waals surface area contributed by atoms with E-state index in [1.165, 1.54) is 0 Å². The van der Waals surface area contributed by atoms with Crippen molar-refractivity contribution in [1.82, 2.24) is 15.0 Å². The standard InChI is InChI=1S/C21H21N3O4/c1-4-12-24(21(25)16-6-5-7-18(13-16)27-3)14-19-22-20(23-28-19)15-8-10-17(26-2)11-9-15/h4-11,13H,1,12,14H2,2-3H3. The Labute approximate surface area is 163 Å². The van der Waals surface area contributed by atoms with E-state index in [0.717, 1.165) is 11.3 Å². The van der Waals surface area contributed by atoms with E-state index in [1.807, 2.05) is 24.3 Å². The Morgan fingerprint density at radius 1 is 1.14 bits per heavy atom. The van der Waals surface area contributed by atoms with Crippen LogP contribution in [0.15, 0.2) is 65.7 Å². The summed E-state index contributed by atoms with van der Waals surface area (Å²) in [5, 5.41) is 4.00. The number of benzene rings is 2. The van der Waals surface area contributed by atoms with Crippen LogP contribution < -0.4 is 9.47 Å². The summed E-state index contributed by atoms with van der Waals surface area (Å²) in [7, 11) is 3.17. The number of carbonyl (C=O) groups is 1. The SMILES string of the molecule is C=CCN(Cc1nc(-c2ccc(OC)cc2)no1)C(=O)c1cccc(OC)c1. The number of amides is 1. The molecule has 0 aliphatic heterocycles. The van der Waals surface area contributed by atoms with Gasteiger partial charge in [0, 0.05) is 17.7 Å². The fraction of sp³-hybridized carbons (Fsp3) is 0.190. The third-order valence-electron chi connectivity index (χ3n) is 4.10. The van der Waals surface area contributed by atoms with Gasteiger partial charge in [0.25, 0.3) is 5.91 Å². The third kappa shape index (κ3) is 4.37. The van der Waals surface area contributed by atoms with Gasteiger partial charge < -0.3 is 18.9 Å². The quantitative estimate of drug-likeness (QED) is 0.557. The van der Waals surface area contributed by atoms with Gasteiger partial charge in [-0.2, -0.15) is 4.98 Å². The first kappa shape index (κ1) is 19.2. The summed E-state index contributed by atoms with van der Waals surface area (Å²) in [5.41, 5.74) is 1.31. The molecule has 0 fully saturated rings. The molecule has 0 spiro atoms. The Kier molecular flexibility index (Phi) is 6.06. The van der Waals surface area contributed by atoms with Gasteiger partial charge in [-0.15, -0.1) is 6.58 Å². The number of nitrogens with zero attached hydrogens (tertiary/aromatic N) is 3. The molecule has 0 saturated heterocycles. The second kappa shape index (κ2) is 8.85. The van der Waals surface area contributed by atoms with Crippen molar-refractivity contribution in [3.05, 3.63) is 72.6 Å². The van der Waals surface area contributed by atoms with Crippen molar-refractivity contribution in [3.8, 4) is 22.9 Å². The molecule has 3 rings (SSSR count). The minimum atomic E-state index is -0.178. The van der Waals surface area contributed by atoms with Gasteiger partial charge >= 0.3 is 0 Å². The minimum absolute atomic E-state index is 0.172. The van der Waals surface area contributed by atoms with Gasteiger partial charge in [-0.25, -0.2) is 0 Å². The van der Waals surface area contributed by atoms with Crippen LogP contribution in [0.5, 0.6) is 11.5 Å². The van der Waals surface area contributed by atoms with E-state index in [-0.39, 0.29) is 12.5 Å². The maximum Gasteiger partial charge on any atom is 0.254 e. The summed E-state index contributed by atoms with van der Waals surface area (Å²) in [5.74, 6) is 1.97. The summed E-state index contributed by atoms with van der Waals surface area (Å²) in [4.78, 5) is 18.8. The molecule has 0 atom stereocenters. The molecule has 0 saturated carbocycles. The number of hydrogen-bond donors (Lipinski definition) is 0. The van der Waals surface area contributed by atoms with Crippen molar-refractivity contribution in [2.75, 3.05) is 20.8 Å². The van der Waals surface area contributed by atoms with Crippen LogP contribution in [0, 0.1) is 0 Å². The molecule has 0 N–H and O–H groups in total. The predicted molar refractivity (Wildman–Crippen MR) is 104 cm³/mol. The molecule has 7 nitrogen and oxygen atoms in total. The van der Waals surface area contributed by atoms with E-state index >= 15 is 0 Å². The highest BCUT2D eigenvalue weighted by Crippen LogP contribution is 2.21. The van der Waals surface area contributed by atoms with Crippen molar-refractivity contribution < 1.29 is 18.8 Å². The zero-order valence-electron chi connectivity index (χ0n) is 15.8. The Balaban J connectivity index is 1.77. The number of rotatable bonds is 8. The maximum absolute atomic E-state index is 12.9. The lowest BCUT2D eigenvalue weighted by Crippen LogP contribution is -2.30. The smallest absolute Gasteiger partial charge is 0.254 e. The van der Waals surface area contributed by atoms with E-state index in [4.69, 9.17) is 14.0 Å². The summed E-state index contributed by atoms with van der Waals surface area (Å²) < 4.78 is 15.7. The Bertz CT molecular complexity index is 950. The van der Waals surface area contributed by atoms with E-state index in [2.05, 4.69) is 16.7 Å². The lowest BCUT2D eigenvalue weighted by atomic mass is 10.2. The molecule has 1 heterocycles. The average molecular weight is 379 g/mol. The van der Waals surface area contributed by atoms with Gasteiger partial charge in [0.05, 0.1) is 14.2 Å². The van der Waals surface area contributed by atoms with Crippen LogP contribution >= 0.6 is 0 Å². The zero-order valence-corrected chi connectivity index (χ0v) is 15.8. The second-order valence-corrected chi connectivity index (χ2v) is 5.95. The molecule has 3 aromatic rings. The van der Waals surface area contributed by atoms with Crippen molar-refractivity contribution >= 4 is 5.91 Å². The Hall–Kier alpha value is -3.61. The third-order valence-corrected chi connectivity index (χ3v) is 4.10. The van der Waals surface area contributed by atoms with Crippen LogP contribution in [-0.4, -0.2) is 41.7 Å². The number of ether oxygens (including phenoxy) is 2. The number of hydrogen-bond acceptors (Lipinski definition) is 6. The van der Waals surface area contributed by atoms with Crippen LogP contribution in [0.4, 0.5) is 0 Å². The molecule has 0 radical (unpaired) electrons. The fourth-order valence-corrected chi connectivity index (χ4v) is 2.65. The normalized spacial score (nSPS) is 10.4. The van der Waals surface area contributed by atoms with Crippen molar-refractivity contribution in [2.45, 2.75) is 6.54 Å². The highest BCUT2D eigenvalue weighted by molar-refractivity contribution is 5.94. The summed E-state index contributed by atoms with van der Waals surface area (Å²) in [6.45, 7) is 4.24. The van der Waals surface area contributed by atoms with E-state index < -0.39 is 0 Å². The summed E-state index contributed by atoms with van der Waals surface area (Å²) in [6, 6.07) is 14.3. The van der Waals surface area contributed by atoms with Crippen molar-refractivity contribution in [2.24, 2.45) is 0 Å². The largest absolute Gasteiger partial charge is 0.497 e. The van der Waals surface area contributed by atoms with E-state index in [0.29, 0.717) is 29.6 Å². The van der Waals surface area contributed by atoms with Crippen LogP contribution in [0.3, 0.4) is 0 Å². The molecule has 1 aromatic heterocycles. The number of carbonyl (C=O) groups excluding carboxylic acids is 1. The molecule has 0 aliphatic carbocycles. The first-order valence-corrected chi connectivity index (χ1v) is 8.66. The lowest BCUT2D eigenvalue weighted by molar-refractivity contribution is 0.0745. The predicted octanol–water partition coefficient (Wildman–Crippen LogP) is 3.58. The van der Waals surface area contributed by atoms with Crippen LogP contribution in [0.1, 0.15) is 16.2 Å². The lowest BCUT2D eigenvalue weighted by Gasteiger charge is -2.19. The molecule has 0 unspecified atom stereocenters. The summed E-state index contributed by atoms with van der Waals surface area (Å²) >= 11 is 0. The van der Waals surface area contributed by atoms with Gasteiger partial charge in [0.15, 0.2) is 0 Å². The number of methoxy groups -OCH3 is 2. The Morgan fingerprint density at radius 3 is 2.57 bits per heavy atom. The van der Waals surface area contributed by atoms with E-state index in [9.17, 15) is 4.79 Å². The highest BCUT2D eigenvalue weighted by Gasteiger charge is 2.19. The van der Waals surface area contributed by atoms with Gasteiger partial charge in [-0.1, -0.05) is 17.3 Å². The molecular weight excluding hydrogens is 358 g/mol. The minimum Gasteiger partial charge on any atom is -0.497 e. The average Bonchev–Trinajstić information content (AvgIpc) is 3.21. The topological polar surface area (TPSA) is 77.7 Å². The molecule has 28 heavy (non-hydrogen) atoms. The first-order chi connectivity index (χ1) is 13.6. The second-order valence-electron chi connectivity index (χ2n) is 5.95. The Morgan fingerprint density at radius 2 is 1.89 bits per heavy atom. The van der Waals surface area contributed by atoms with Crippen LogP contribution in [0.2, 0.25) is 0 Å². The van der Waals surface area contributed by atoms with Gasteiger partial charge in [0.2, 0.25) is 11.7 Å². The highest BCUT2D eigenvalue weighted by atomic mass is 16.5. The first-order valence-electron chi connectivity index (χ1n) is 8.66. The van der Waals surface area contributed by atoms with Gasteiger partial charge in [-0.05, 0) is 42.5 Å². The van der Waals surface area contributed by atoms with Crippen molar-refractivity contribution in [1.29, 1.82) is 0 Å². The summed E-state index contributed by atoms with van der Waals surface area (Å²) in [6.07, 6.45) is 1.65. The molecular formula is C21H21N3O4. The number of aromatic nitrogens is 2. The van der Waals surface area contributed by atoms with Crippen molar-refractivity contribution in [3.63, 3.8) is 0 Å². The van der Waals surface area contributed by atoms with Crippen LogP contribution in [0.25, 0.3) is 11.4 Å². The molecule has 1 amide bonds. The molecule has 0 bridgehead atoms.